The number of benzene rings is 1. The highest BCUT2D eigenvalue weighted by Crippen LogP contribution is 2.34. The molecule has 4 rings (SSSR count). The van der Waals surface area contributed by atoms with E-state index >= 15 is 0 Å². The summed E-state index contributed by atoms with van der Waals surface area (Å²) >= 11 is 4.93. The number of carbonyl (C=O) groups is 2. The molecule has 3 N–H and O–H groups in total. The SMILES string of the molecule is O=C(CCc1nc2sc3c(c2c(=O)[nH]1)CCC3)NCC(=O)Nc1ccccc1Br. The summed E-state index contributed by atoms with van der Waals surface area (Å²) in [4.78, 5) is 45.9. The lowest BCUT2D eigenvalue weighted by Crippen LogP contribution is -2.33. The molecular weight excluding hydrogens is 456 g/mol. The third-order valence-corrected chi connectivity index (χ3v) is 6.68. The van der Waals surface area contributed by atoms with Crippen molar-refractivity contribution >= 4 is 55.0 Å². The van der Waals surface area contributed by atoms with Crippen molar-refractivity contribution in [3.05, 3.63) is 55.4 Å². The molecule has 2 aromatic heterocycles. The molecule has 2 heterocycles. The zero-order chi connectivity index (χ0) is 20.4. The minimum Gasteiger partial charge on any atom is -0.347 e. The molecule has 0 saturated carbocycles. The number of aryl methyl sites for hydroxylation is 3. The standard InChI is InChI=1S/C20H19BrN4O3S/c21-12-5-1-2-6-13(12)23-17(27)10-22-16(26)9-8-15-24-19(28)18-11-4-3-7-14(11)29-20(18)25-15/h1-2,5-6H,3-4,7-10H2,(H,22,26)(H,23,27)(H,24,25,28). The van der Waals surface area contributed by atoms with Crippen LogP contribution in [0.25, 0.3) is 10.2 Å². The first-order valence-electron chi connectivity index (χ1n) is 9.36. The molecule has 0 saturated heterocycles. The minimum absolute atomic E-state index is 0.124. The largest absolute Gasteiger partial charge is 0.347 e. The maximum atomic E-state index is 12.4. The number of thiophene rings is 1. The molecule has 0 spiro atoms. The summed E-state index contributed by atoms with van der Waals surface area (Å²) in [5.41, 5.74) is 1.65. The van der Waals surface area contributed by atoms with Crippen LogP contribution in [0.2, 0.25) is 0 Å². The fraction of sp³-hybridized carbons (Fsp3) is 0.300. The van der Waals surface area contributed by atoms with Gasteiger partial charge in [0.05, 0.1) is 17.6 Å². The number of rotatable bonds is 6. The molecule has 0 aliphatic heterocycles. The van der Waals surface area contributed by atoms with Crippen LogP contribution < -0.4 is 16.2 Å². The Balaban J connectivity index is 1.31. The van der Waals surface area contributed by atoms with Crippen molar-refractivity contribution in [2.75, 3.05) is 11.9 Å². The van der Waals surface area contributed by atoms with Gasteiger partial charge in [0.25, 0.3) is 5.56 Å². The maximum Gasteiger partial charge on any atom is 0.259 e. The van der Waals surface area contributed by atoms with Crippen molar-refractivity contribution < 1.29 is 9.59 Å². The van der Waals surface area contributed by atoms with Crippen LogP contribution >= 0.6 is 27.3 Å². The van der Waals surface area contributed by atoms with Crippen LogP contribution in [0.1, 0.15) is 29.1 Å². The third-order valence-electron chi connectivity index (χ3n) is 4.81. The highest BCUT2D eigenvalue weighted by atomic mass is 79.9. The number of aromatic nitrogens is 2. The van der Waals surface area contributed by atoms with E-state index in [1.165, 1.54) is 4.88 Å². The molecule has 0 radical (unpaired) electrons. The van der Waals surface area contributed by atoms with Crippen molar-refractivity contribution in [2.45, 2.75) is 32.1 Å². The van der Waals surface area contributed by atoms with Gasteiger partial charge in [0.2, 0.25) is 11.8 Å². The number of para-hydroxylation sites is 1. The number of hydrogen-bond donors (Lipinski definition) is 3. The summed E-state index contributed by atoms with van der Waals surface area (Å²) < 4.78 is 0.768. The number of halogens is 1. The number of amides is 2. The fourth-order valence-electron chi connectivity index (χ4n) is 3.42. The van der Waals surface area contributed by atoms with Crippen molar-refractivity contribution in [3.63, 3.8) is 0 Å². The Morgan fingerprint density at radius 2 is 2.03 bits per heavy atom. The Bertz CT molecular complexity index is 1150. The summed E-state index contributed by atoms with van der Waals surface area (Å²) in [7, 11) is 0. The number of hydrogen-bond acceptors (Lipinski definition) is 5. The predicted molar refractivity (Wildman–Crippen MR) is 116 cm³/mol. The van der Waals surface area contributed by atoms with E-state index < -0.39 is 0 Å². The molecule has 29 heavy (non-hydrogen) atoms. The van der Waals surface area contributed by atoms with Gasteiger partial charge >= 0.3 is 0 Å². The van der Waals surface area contributed by atoms with Gasteiger partial charge < -0.3 is 15.6 Å². The first-order valence-corrected chi connectivity index (χ1v) is 11.0. The predicted octanol–water partition coefficient (Wildman–Crippen LogP) is 2.92. The Kier molecular flexibility index (Phi) is 5.77. The quantitative estimate of drug-likeness (QED) is 0.510. The second kappa shape index (κ2) is 8.46. The van der Waals surface area contributed by atoms with Crippen molar-refractivity contribution in [1.82, 2.24) is 15.3 Å². The summed E-state index contributed by atoms with van der Waals surface area (Å²) in [6, 6.07) is 7.25. The highest BCUT2D eigenvalue weighted by molar-refractivity contribution is 9.10. The highest BCUT2D eigenvalue weighted by Gasteiger charge is 2.21. The average Bonchev–Trinajstić information content (AvgIpc) is 3.27. The van der Waals surface area contributed by atoms with E-state index in [9.17, 15) is 14.4 Å². The Morgan fingerprint density at radius 3 is 2.86 bits per heavy atom. The summed E-state index contributed by atoms with van der Waals surface area (Å²) in [5.74, 6) is -0.0924. The Morgan fingerprint density at radius 1 is 1.21 bits per heavy atom. The van der Waals surface area contributed by atoms with Gasteiger partial charge in [0.1, 0.15) is 10.7 Å². The van der Waals surface area contributed by atoms with Crippen LogP contribution in [-0.4, -0.2) is 28.3 Å². The second-order valence-corrected chi connectivity index (χ2v) is 8.79. The van der Waals surface area contributed by atoms with E-state index in [0.717, 1.165) is 34.1 Å². The van der Waals surface area contributed by atoms with Crippen molar-refractivity contribution in [3.8, 4) is 0 Å². The van der Waals surface area contributed by atoms with Gasteiger partial charge in [-0.05, 0) is 52.9 Å². The second-order valence-electron chi connectivity index (χ2n) is 6.85. The lowest BCUT2D eigenvalue weighted by Gasteiger charge is -2.08. The summed E-state index contributed by atoms with van der Waals surface area (Å²) in [5, 5.41) is 6.03. The molecule has 0 bridgehead atoms. The number of carbonyl (C=O) groups excluding carboxylic acids is 2. The smallest absolute Gasteiger partial charge is 0.259 e. The van der Waals surface area contributed by atoms with Gasteiger partial charge in [-0.2, -0.15) is 0 Å². The van der Waals surface area contributed by atoms with Gasteiger partial charge in [-0.1, -0.05) is 12.1 Å². The number of fused-ring (bicyclic) bond motifs is 3. The lowest BCUT2D eigenvalue weighted by atomic mass is 10.2. The fourth-order valence-corrected chi connectivity index (χ4v) is 5.09. The van der Waals surface area contributed by atoms with Gasteiger partial charge in [-0.15, -0.1) is 11.3 Å². The Hall–Kier alpha value is -2.52. The van der Waals surface area contributed by atoms with Gasteiger partial charge in [0, 0.05) is 22.2 Å². The van der Waals surface area contributed by atoms with Crippen LogP contribution in [0.5, 0.6) is 0 Å². The van der Waals surface area contributed by atoms with Crippen molar-refractivity contribution in [1.29, 1.82) is 0 Å². The zero-order valence-corrected chi connectivity index (χ0v) is 17.9. The molecule has 0 unspecified atom stereocenters. The molecule has 0 fully saturated rings. The van der Waals surface area contributed by atoms with Gasteiger partial charge in [-0.3, -0.25) is 14.4 Å². The molecule has 150 valence electrons. The number of H-pyrrole nitrogens is 1. The lowest BCUT2D eigenvalue weighted by molar-refractivity contribution is -0.124. The summed E-state index contributed by atoms with van der Waals surface area (Å²) in [6.45, 7) is -0.124. The molecule has 1 aliphatic carbocycles. The van der Waals surface area contributed by atoms with E-state index in [1.807, 2.05) is 18.2 Å². The van der Waals surface area contributed by atoms with Gasteiger partial charge in [0.15, 0.2) is 0 Å². The molecule has 2 amide bonds. The molecule has 9 heteroatoms. The molecular formula is C20H19BrN4O3S. The number of nitrogens with zero attached hydrogens (tertiary/aromatic N) is 1. The molecule has 1 aliphatic rings. The van der Waals surface area contributed by atoms with Gasteiger partial charge in [-0.25, -0.2) is 4.98 Å². The minimum atomic E-state index is -0.314. The monoisotopic (exact) mass is 474 g/mol. The average molecular weight is 475 g/mol. The number of anilines is 1. The first kappa shape index (κ1) is 19.8. The molecule has 7 nitrogen and oxygen atoms in total. The van der Waals surface area contributed by atoms with Crippen LogP contribution in [-0.2, 0) is 28.9 Å². The van der Waals surface area contributed by atoms with Crippen LogP contribution in [0.15, 0.2) is 33.5 Å². The molecule has 0 atom stereocenters. The van der Waals surface area contributed by atoms with E-state index in [-0.39, 0.29) is 30.3 Å². The third kappa shape index (κ3) is 4.40. The van der Waals surface area contributed by atoms with E-state index in [0.29, 0.717) is 23.3 Å². The van der Waals surface area contributed by atoms with E-state index in [1.54, 1.807) is 17.4 Å². The Labute approximate surface area is 179 Å². The molecule has 3 aromatic rings. The topological polar surface area (TPSA) is 104 Å². The first-order chi connectivity index (χ1) is 14.0. The van der Waals surface area contributed by atoms with E-state index in [2.05, 4.69) is 36.5 Å². The number of aromatic amines is 1. The normalized spacial score (nSPS) is 12.7. The van der Waals surface area contributed by atoms with Crippen LogP contribution in [0.3, 0.4) is 0 Å². The zero-order valence-electron chi connectivity index (χ0n) is 15.5. The summed E-state index contributed by atoms with van der Waals surface area (Å²) in [6.07, 6.45) is 3.49. The maximum absolute atomic E-state index is 12.4. The van der Waals surface area contributed by atoms with E-state index in [4.69, 9.17) is 0 Å². The molecule has 1 aromatic carbocycles. The number of nitrogens with one attached hydrogen (secondary N) is 3. The van der Waals surface area contributed by atoms with Crippen molar-refractivity contribution in [2.24, 2.45) is 0 Å². The van der Waals surface area contributed by atoms with Crippen LogP contribution in [0, 0.1) is 0 Å². The van der Waals surface area contributed by atoms with Crippen LogP contribution in [0.4, 0.5) is 5.69 Å².